The van der Waals surface area contributed by atoms with Crippen molar-refractivity contribution in [3.05, 3.63) is 42.2 Å². The van der Waals surface area contributed by atoms with E-state index in [9.17, 15) is 4.79 Å². The van der Waals surface area contributed by atoms with Crippen molar-refractivity contribution in [3.63, 3.8) is 0 Å². The molecule has 0 saturated carbocycles. The van der Waals surface area contributed by atoms with Crippen LogP contribution in [0.25, 0.3) is 0 Å². The largest absolute Gasteiger partial charge is 0.497 e. The van der Waals surface area contributed by atoms with Crippen molar-refractivity contribution < 1.29 is 9.53 Å². The van der Waals surface area contributed by atoms with Gasteiger partial charge in [0.05, 0.1) is 7.11 Å². The van der Waals surface area contributed by atoms with E-state index >= 15 is 0 Å². The van der Waals surface area contributed by atoms with Gasteiger partial charge in [0.2, 0.25) is 0 Å². The highest BCUT2D eigenvalue weighted by molar-refractivity contribution is 5.88. The first-order chi connectivity index (χ1) is 12.2. The van der Waals surface area contributed by atoms with Gasteiger partial charge in [0.25, 0.3) is 0 Å². The smallest absolute Gasteiger partial charge is 0.320 e. The van der Waals surface area contributed by atoms with E-state index in [1.165, 1.54) is 19.2 Å². The molecule has 2 aromatic rings. The molecule has 0 unspecified atom stereocenters. The molecule has 3 rings (SSSR count). The molecule has 0 radical (unpaired) electrons. The SMILES string of the molecule is COc1ccc(CCNC(=O)Nc2cc(N3CCCC3)ncn2)cc1. The molecule has 0 spiro atoms. The quantitative estimate of drug-likeness (QED) is 0.844. The summed E-state index contributed by atoms with van der Waals surface area (Å²) in [6.07, 6.45) is 4.60. The lowest BCUT2D eigenvalue weighted by atomic mass is 10.1. The Bertz CT molecular complexity index is 699. The summed E-state index contributed by atoms with van der Waals surface area (Å²) >= 11 is 0. The van der Waals surface area contributed by atoms with Crippen molar-refractivity contribution in [1.29, 1.82) is 0 Å². The summed E-state index contributed by atoms with van der Waals surface area (Å²) in [7, 11) is 1.64. The van der Waals surface area contributed by atoms with Gasteiger partial charge in [-0.3, -0.25) is 5.32 Å². The molecule has 0 bridgehead atoms. The molecule has 1 aromatic heterocycles. The third kappa shape index (κ3) is 4.82. The number of carbonyl (C=O) groups excluding carboxylic acids is 1. The number of methoxy groups -OCH3 is 1. The van der Waals surface area contributed by atoms with Gasteiger partial charge in [-0.2, -0.15) is 0 Å². The van der Waals surface area contributed by atoms with Crippen molar-refractivity contribution >= 4 is 17.7 Å². The second-order valence-corrected chi connectivity index (χ2v) is 5.93. The van der Waals surface area contributed by atoms with Crippen molar-refractivity contribution in [2.45, 2.75) is 19.3 Å². The molecule has 1 aliphatic rings. The van der Waals surface area contributed by atoms with Crippen LogP contribution in [0.1, 0.15) is 18.4 Å². The van der Waals surface area contributed by atoms with E-state index in [2.05, 4.69) is 25.5 Å². The van der Waals surface area contributed by atoms with Gasteiger partial charge in [-0.1, -0.05) is 12.1 Å². The van der Waals surface area contributed by atoms with Gasteiger partial charge in [0, 0.05) is 25.7 Å². The zero-order valence-corrected chi connectivity index (χ0v) is 14.4. The van der Waals surface area contributed by atoms with Crippen molar-refractivity contribution in [2.75, 3.05) is 37.0 Å². The number of nitrogens with zero attached hydrogens (tertiary/aromatic N) is 3. The number of anilines is 2. The highest BCUT2D eigenvalue weighted by Crippen LogP contribution is 2.19. The fourth-order valence-corrected chi connectivity index (χ4v) is 2.81. The average molecular weight is 341 g/mol. The minimum Gasteiger partial charge on any atom is -0.497 e. The van der Waals surface area contributed by atoms with Crippen molar-refractivity contribution in [1.82, 2.24) is 15.3 Å². The Hall–Kier alpha value is -2.83. The minimum absolute atomic E-state index is 0.264. The molecule has 0 aliphatic carbocycles. The van der Waals surface area contributed by atoms with Crippen LogP contribution in [0.3, 0.4) is 0 Å². The van der Waals surface area contributed by atoms with Gasteiger partial charge in [0.15, 0.2) is 0 Å². The number of ether oxygens (including phenoxy) is 1. The molecule has 1 fully saturated rings. The maximum atomic E-state index is 12.0. The van der Waals surface area contributed by atoms with Crippen molar-refractivity contribution in [3.8, 4) is 5.75 Å². The monoisotopic (exact) mass is 341 g/mol. The molecule has 25 heavy (non-hydrogen) atoms. The number of aromatic nitrogens is 2. The van der Waals surface area contributed by atoms with Crippen LogP contribution in [0.5, 0.6) is 5.75 Å². The summed E-state index contributed by atoms with van der Waals surface area (Å²) in [4.78, 5) is 22.6. The summed E-state index contributed by atoms with van der Waals surface area (Å²) in [5.41, 5.74) is 1.14. The highest BCUT2D eigenvalue weighted by atomic mass is 16.5. The fraction of sp³-hybridized carbons (Fsp3) is 0.389. The van der Waals surface area contributed by atoms with Gasteiger partial charge in [0.1, 0.15) is 23.7 Å². The zero-order valence-electron chi connectivity index (χ0n) is 14.4. The predicted molar refractivity (Wildman–Crippen MR) is 97.2 cm³/mol. The summed E-state index contributed by atoms with van der Waals surface area (Å²) < 4.78 is 5.13. The van der Waals surface area contributed by atoms with E-state index in [0.29, 0.717) is 12.4 Å². The molecule has 1 aromatic carbocycles. The molecule has 1 aliphatic heterocycles. The summed E-state index contributed by atoms with van der Waals surface area (Å²) in [6, 6.07) is 9.36. The lowest BCUT2D eigenvalue weighted by Gasteiger charge is -2.16. The van der Waals surface area contributed by atoms with Crippen molar-refractivity contribution in [2.24, 2.45) is 0 Å². The Morgan fingerprint density at radius 3 is 2.68 bits per heavy atom. The Kier molecular flexibility index (Phi) is 5.66. The van der Waals surface area contributed by atoms with Gasteiger partial charge in [-0.25, -0.2) is 14.8 Å². The molecule has 0 atom stereocenters. The maximum Gasteiger partial charge on any atom is 0.320 e. The fourth-order valence-electron chi connectivity index (χ4n) is 2.81. The summed E-state index contributed by atoms with van der Waals surface area (Å²) in [5, 5.41) is 5.60. The molecule has 7 nitrogen and oxygen atoms in total. The molecule has 7 heteroatoms. The zero-order chi connectivity index (χ0) is 17.5. The number of benzene rings is 1. The van der Waals surface area contributed by atoms with E-state index < -0.39 is 0 Å². The van der Waals surface area contributed by atoms with Gasteiger partial charge in [-0.15, -0.1) is 0 Å². The normalized spacial score (nSPS) is 13.6. The number of nitrogens with one attached hydrogen (secondary N) is 2. The third-order valence-corrected chi connectivity index (χ3v) is 4.18. The number of carbonyl (C=O) groups is 1. The second-order valence-electron chi connectivity index (χ2n) is 5.93. The van der Waals surface area contributed by atoms with Crippen LogP contribution in [0, 0.1) is 0 Å². The Morgan fingerprint density at radius 1 is 1.20 bits per heavy atom. The van der Waals surface area contributed by atoms with Crippen LogP contribution in [0.15, 0.2) is 36.7 Å². The Morgan fingerprint density at radius 2 is 1.96 bits per heavy atom. The molecule has 2 heterocycles. The lowest BCUT2D eigenvalue weighted by Crippen LogP contribution is -2.31. The molecule has 2 N–H and O–H groups in total. The highest BCUT2D eigenvalue weighted by Gasteiger charge is 2.14. The van der Waals surface area contributed by atoms with Crippen LogP contribution in [-0.4, -0.2) is 42.7 Å². The Labute approximate surface area is 147 Å². The van der Waals surface area contributed by atoms with Crippen LogP contribution in [0.2, 0.25) is 0 Å². The maximum absolute atomic E-state index is 12.0. The first-order valence-corrected chi connectivity index (χ1v) is 8.49. The van der Waals surface area contributed by atoms with Crippen LogP contribution in [-0.2, 0) is 6.42 Å². The topological polar surface area (TPSA) is 79.4 Å². The van der Waals surface area contributed by atoms with E-state index in [0.717, 1.165) is 36.6 Å². The first-order valence-electron chi connectivity index (χ1n) is 8.49. The molecular weight excluding hydrogens is 318 g/mol. The van der Waals surface area contributed by atoms with E-state index in [-0.39, 0.29) is 6.03 Å². The lowest BCUT2D eigenvalue weighted by molar-refractivity contribution is 0.252. The molecule has 2 amide bonds. The average Bonchev–Trinajstić information content (AvgIpc) is 3.17. The Balaban J connectivity index is 1.46. The summed E-state index contributed by atoms with van der Waals surface area (Å²) in [6.45, 7) is 2.55. The molecule has 1 saturated heterocycles. The number of amides is 2. The molecular formula is C18H23N5O2. The van der Waals surface area contributed by atoms with E-state index in [1.54, 1.807) is 7.11 Å². The predicted octanol–water partition coefficient (Wildman–Crippen LogP) is 2.45. The first kappa shape index (κ1) is 17.0. The second kappa shape index (κ2) is 8.32. The minimum atomic E-state index is -0.264. The van der Waals surface area contributed by atoms with Crippen LogP contribution >= 0.6 is 0 Å². The third-order valence-electron chi connectivity index (χ3n) is 4.18. The van der Waals surface area contributed by atoms with E-state index in [1.807, 2.05) is 30.3 Å². The standard InChI is InChI=1S/C18H23N5O2/c1-25-15-6-4-14(5-7-15)8-9-19-18(24)22-16-12-17(21-13-20-16)23-10-2-3-11-23/h4-7,12-13H,2-3,8-11H2,1H3,(H2,19,20,21,22,24). The molecule has 132 valence electrons. The van der Waals surface area contributed by atoms with Gasteiger partial charge >= 0.3 is 6.03 Å². The van der Waals surface area contributed by atoms with Crippen LogP contribution in [0.4, 0.5) is 16.4 Å². The number of urea groups is 1. The summed E-state index contributed by atoms with van der Waals surface area (Å²) in [5.74, 6) is 2.20. The van der Waals surface area contributed by atoms with Gasteiger partial charge < -0.3 is 15.0 Å². The number of hydrogen-bond donors (Lipinski definition) is 2. The number of rotatable bonds is 6. The van der Waals surface area contributed by atoms with Gasteiger partial charge in [-0.05, 0) is 37.0 Å². The van der Waals surface area contributed by atoms with Crippen LogP contribution < -0.4 is 20.3 Å². The van der Waals surface area contributed by atoms with E-state index in [4.69, 9.17) is 4.74 Å². The number of hydrogen-bond acceptors (Lipinski definition) is 5.